The summed E-state index contributed by atoms with van der Waals surface area (Å²) >= 11 is 0. The topological polar surface area (TPSA) is 30.2 Å². The molecule has 2 heteroatoms. The van der Waals surface area contributed by atoms with Crippen LogP contribution in [0.25, 0.3) is 22.1 Å². The third-order valence-electron chi connectivity index (χ3n) is 4.67. The second-order valence-corrected chi connectivity index (χ2v) is 6.48. The summed E-state index contributed by atoms with van der Waals surface area (Å²) in [7, 11) is 0. The van der Waals surface area contributed by atoms with Gasteiger partial charge in [-0.1, -0.05) is 50.1 Å². The van der Waals surface area contributed by atoms with Crippen LogP contribution in [0, 0.1) is 13.8 Å². The zero-order valence-corrected chi connectivity index (χ0v) is 14.7. The molecular formula is C22H24O2. The summed E-state index contributed by atoms with van der Waals surface area (Å²) in [6, 6.07) is 14.1. The van der Waals surface area contributed by atoms with Gasteiger partial charge in [0.05, 0.1) is 0 Å². The molecular weight excluding hydrogens is 296 g/mol. The largest absolute Gasteiger partial charge is 0.423 e. The molecule has 0 unspecified atom stereocenters. The van der Waals surface area contributed by atoms with Crippen molar-refractivity contribution in [3.8, 4) is 11.1 Å². The summed E-state index contributed by atoms with van der Waals surface area (Å²) in [6.07, 6.45) is 4.38. The van der Waals surface area contributed by atoms with Gasteiger partial charge >= 0.3 is 5.63 Å². The quantitative estimate of drug-likeness (QED) is 0.438. The van der Waals surface area contributed by atoms with Gasteiger partial charge < -0.3 is 4.42 Å². The maximum absolute atomic E-state index is 11.9. The van der Waals surface area contributed by atoms with Crippen LogP contribution < -0.4 is 5.63 Å². The highest BCUT2D eigenvalue weighted by molar-refractivity contribution is 5.92. The van der Waals surface area contributed by atoms with Crippen LogP contribution >= 0.6 is 0 Å². The summed E-state index contributed by atoms with van der Waals surface area (Å²) in [6.45, 7) is 6.42. The van der Waals surface area contributed by atoms with E-state index in [0.717, 1.165) is 29.4 Å². The molecule has 0 atom stereocenters. The van der Waals surface area contributed by atoms with E-state index in [9.17, 15) is 4.79 Å². The molecule has 2 aromatic carbocycles. The van der Waals surface area contributed by atoms with Crippen LogP contribution in [0.1, 0.15) is 42.9 Å². The van der Waals surface area contributed by atoms with Crippen molar-refractivity contribution in [1.29, 1.82) is 0 Å². The number of hydrogen-bond acceptors (Lipinski definition) is 2. The van der Waals surface area contributed by atoms with Crippen LogP contribution in [0.15, 0.2) is 51.7 Å². The van der Waals surface area contributed by atoms with Crippen LogP contribution in [-0.4, -0.2) is 0 Å². The van der Waals surface area contributed by atoms with Crippen molar-refractivity contribution < 1.29 is 4.42 Å². The fourth-order valence-corrected chi connectivity index (χ4v) is 3.59. The third-order valence-corrected chi connectivity index (χ3v) is 4.67. The molecule has 0 amide bonds. The lowest BCUT2D eigenvalue weighted by Gasteiger charge is -2.15. The van der Waals surface area contributed by atoms with Crippen LogP contribution in [0.3, 0.4) is 0 Å². The molecule has 0 saturated carbocycles. The predicted molar refractivity (Wildman–Crippen MR) is 101 cm³/mol. The zero-order valence-electron chi connectivity index (χ0n) is 14.7. The maximum atomic E-state index is 11.9. The van der Waals surface area contributed by atoms with E-state index in [4.69, 9.17) is 4.42 Å². The molecule has 0 aliphatic heterocycles. The average Bonchev–Trinajstić information content (AvgIpc) is 2.55. The van der Waals surface area contributed by atoms with E-state index in [-0.39, 0.29) is 5.63 Å². The molecule has 0 aliphatic rings. The molecule has 0 aliphatic carbocycles. The smallest absolute Gasteiger partial charge is 0.336 e. The van der Waals surface area contributed by atoms with Gasteiger partial charge in [0.25, 0.3) is 0 Å². The minimum absolute atomic E-state index is 0.250. The van der Waals surface area contributed by atoms with Crippen molar-refractivity contribution in [2.45, 2.75) is 46.5 Å². The Morgan fingerprint density at radius 1 is 1.00 bits per heavy atom. The van der Waals surface area contributed by atoms with Gasteiger partial charge in [0.2, 0.25) is 0 Å². The molecule has 1 aromatic heterocycles. The lowest BCUT2D eigenvalue weighted by Crippen LogP contribution is -2.03. The van der Waals surface area contributed by atoms with E-state index in [1.165, 1.54) is 29.5 Å². The molecule has 24 heavy (non-hydrogen) atoms. The molecule has 0 radical (unpaired) electrons. The molecule has 3 aromatic rings. The number of aryl methyl sites for hydroxylation is 3. The number of benzene rings is 2. The van der Waals surface area contributed by atoms with Gasteiger partial charge in [0, 0.05) is 11.5 Å². The second kappa shape index (κ2) is 7.04. The molecule has 0 N–H and O–H groups in total. The van der Waals surface area contributed by atoms with Crippen molar-refractivity contribution >= 4 is 11.0 Å². The van der Waals surface area contributed by atoms with E-state index in [1.54, 1.807) is 6.07 Å². The highest BCUT2D eigenvalue weighted by atomic mass is 16.4. The Morgan fingerprint density at radius 2 is 1.75 bits per heavy atom. The first-order valence-corrected chi connectivity index (χ1v) is 8.74. The van der Waals surface area contributed by atoms with E-state index < -0.39 is 0 Å². The van der Waals surface area contributed by atoms with E-state index in [1.807, 2.05) is 12.1 Å². The number of hydrogen-bond donors (Lipinski definition) is 0. The lowest BCUT2D eigenvalue weighted by atomic mass is 9.90. The normalized spacial score (nSPS) is 11.1. The number of rotatable bonds is 5. The molecule has 124 valence electrons. The van der Waals surface area contributed by atoms with Crippen LogP contribution in [-0.2, 0) is 6.42 Å². The summed E-state index contributed by atoms with van der Waals surface area (Å²) in [5.41, 5.74) is 6.37. The number of unbranched alkanes of at least 4 members (excludes halogenated alkanes) is 2. The standard InChI is InChI=1S/C22H24O2/c1-4-5-7-12-18-14-20(23)24-19-13-15(2)21(16(3)22(18)19)17-10-8-6-9-11-17/h6,8-11,13-14H,4-5,7,12H2,1-3H3. The third kappa shape index (κ3) is 3.14. The van der Waals surface area contributed by atoms with E-state index in [0.29, 0.717) is 5.58 Å². The van der Waals surface area contributed by atoms with Crippen LogP contribution in [0.5, 0.6) is 0 Å². The maximum Gasteiger partial charge on any atom is 0.336 e. The van der Waals surface area contributed by atoms with Gasteiger partial charge in [-0.25, -0.2) is 4.79 Å². The van der Waals surface area contributed by atoms with Crippen LogP contribution in [0.4, 0.5) is 0 Å². The Labute approximate surface area is 143 Å². The van der Waals surface area contributed by atoms with Crippen molar-refractivity contribution in [2.75, 3.05) is 0 Å². The fourth-order valence-electron chi connectivity index (χ4n) is 3.59. The Bertz CT molecular complexity index is 905. The van der Waals surface area contributed by atoms with Gasteiger partial charge in [-0.3, -0.25) is 0 Å². The molecule has 0 bridgehead atoms. The van der Waals surface area contributed by atoms with Crippen molar-refractivity contribution in [3.63, 3.8) is 0 Å². The van der Waals surface area contributed by atoms with Gasteiger partial charge in [0.1, 0.15) is 5.58 Å². The molecule has 0 fully saturated rings. The van der Waals surface area contributed by atoms with Gasteiger partial charge in [-0.05, 0) is 60.6 Å². The summed E-state index contributed by atoms with van der Waals surface area (Å²) in [5, 5.41) is 1.11. The first-order valence-electron chi connectivity index (χ1n) is 8.74. The average molecular weight is 320 g/mol. The molecule has 0 spiro atoms. The Morgan fingerprint density at radius 3 is 2.46 bits per heavy atom. The predicted octanol–water partition coefficient (Wildman–Crippen LogP) is 5.81. The Hall–Kier alpha value is -2.35. The number of fused-ring (bicyclic) bond motifs is 1. The molecule has 1 heterocycles. The van der Waals surface area contributed by atoms with Crippen molar-refractivity contribution in [3.05, 3.63) is 69.6 Å². The van der Waals surface area contributed by atoms with Gasteiger partial charge in [-0.2, -0.15) is 0 Å². The minimum Gasteiger partial charge on any atom is -0.423 e. The summed E-state index contributed by atoms with van der Waals surface area (Å²) < 4.78 is 5.51. The lowest BCUT2D eigenvalue weighted by molar-refractivity contribution is 0.557. The summed E-state index contributed by atoms with van der Waals surface area (Å²) in [5.74, 6) is 0. The minimum atomic E-state index is -0.250. The van der Waals surface area contributed by atoms with E-state index in [2.05, 4.69) is 45.0 Å². The summed E-state index contributed by atoms with van der Waals surface area (Å²) in [4.78, 5) is 11.9. The fraction of sp³-hybridized carbons (Fsp3) is 0.318. The van der Waals surface area contributed by atoms with Gasteiger partial charge in [0.15, 0.2) is 0 Å². The van der Waals surface area contributed by atoms with Crippen molar-refractivity contribution in [1.82, 2.24) is 0 Å². The molecule has 2 nitrogen and oxygen atoms in total. The Kier molecular flexibility index (Phi) is 4.84. The van der Waals surface area contributed by atoms with Gasteiger partial charge in [-0.15, -0.1) is 0 Å². The first kappa shape index (κ1) is 16.5. The zero-order chi connectivity index (χ0) is 17.1. The SMILES string of the molecule is CCCCCc1cc(=O)oc2cc(C)c(-c3ccccc3)c(C)c12. The second-order valence-electron chi connectivity index (χ2n) is 6.48. The Balaban J connectivity index is 2.24. The highest BCUT2D eigenvalue weighted by Gasteiger charge is 2.15. The first-order chi connectivity index (χ1) is 11.6. The van der Waals surface area contributed by atoms with Crippen molar-refractivity contribution in [2.24, 2.45) is 0 Å². The highest BCUT2D eigenvalue weighted by Crippen LogP contribution is 2.34. The molecule has 3 rings (SSSR count). The van der Waals surface area contributed by atoms with E-state index >= 15 is 0 Å². The van der Waals surface area contributed by atoms with Crippen LogP contribution in [0.2, 0.25) is 0 Å². The molecule has 0 saturated heterocycles. The monoisotopic (exact) mass is 320 g/mol.